The van der Waals surface area contributed by atoms with Gasteiger partial charge in [-0.05, 0) is 48.6 Å². The largest absolute Gasteiger partial charge is 0.388 e. The molecule has 2 aromatic carbocycles. The van der Waals surface area contributed by atoms with Gasteiger partial charge in [-0.15, -0.1) is 5.26 Å². The first kappa shape index (κ1) is 19.6. The Morgan fingerprint density at radius 2 is 1.88 bits per heavy atom. The van der Waals surface area contributed by atoms with E-state index in [0.717, 1.165) is 36.3 Å². The lowest BCUT2D eigenvalue weighted by Gasteiger charge is -2.24. The Morgan fingerprint density at radius 1 is 1.15 bits per heavy atom. The number of nitrogens with zero attached hydrogens (tertiary/aromatic N) is 2. The van der Waals surface area contributed by atoms with Crippen LogP contribution in [0, 0.1) is 11.5 Å². The van der Waals surface area contributed by atoms with Crippen molar-refractivity contribution in [3.05, 3.63) is 71.3 Å². The molecular formula is C23H28N2O. The number of benzene rings is 2. The first-order valence-electron chi connectivity index (χ1n) is 9.22. The van der Waals surface area contributed by atoms with E-state index in [1.165, 1.54) is 11.1 Å². The summed E-state index contributed by atoms with van der Waals surface area (Å²) in [7, 11) is 0. The summed E-state index contributed by atoms with van der Waals surface area (Å²) >= 11 is 0. The topological polar surface area (TPSA) is 36.3 Å². The van der Waals surface area contributed by atoms with Crippen LogP contribution in [0.3, 0.4) is 0 Å². The van der Waals surface area contributed by atoms with Crippen molar-refractivity contribution >= 4 is 5.70 Å². The smallest absolute Gasteiger partial charge is 0.292 e. The molecule has 136 valence electrons. The fourth-order valence-corrected chi connectivity index (χ4v) is 3.11. The van der Waals surface area contributed by atoms with Crippen LogP contribution in [-0.4, -0.2) is 18.0 Å². The molecule has 0 amide bonds. The second-order valence-electron chi connectivity index (χ2n) is 6.71. The number of hydrogen-bond acceptors (Lipinski definition) is 3. The van der Waals surface area contributed by atoms with Crippen LogP contribution in [0.4, 0.5) is 0 Å². The van der Waals surface area contributed by atoms with Crippen molar-refractivity contribution in [1.82, 2.24) is 4.90 Å². The summed E-state index contributed by atoms with van der Waals surface area (Å²) in [6.45, 7) is 14.8. The SMILES string of the molecule is C=C(c1cccc(Cc2cc(C(C)C)ccc2OC#N)c1)N(CC)CC. The lowest BCUT2D eigenvalue weighted by atomic mass is 9.96. The predicted molar refractivity (Wildman–Crippen MR) is 108 cm³/mol. The zero-order valence-electron chi connectivity index (χ0n) is 16.2. The quantitative estimate of drug-likeness (QED) is 0.585. The average Bonchev–Trinajstić information content (AvgIpc) is 2.64. The minimum Gasteiger partial charge on any atom is -0.388 e. The first-order valence-corrected chi connectivity index (χ1v) is 9.22. The normalized spacial score (nSPS) is 10.5. The van der Waals surface area contributed by atoms with Crippen molar-refractivity contribution in [3.63, 3.8) is 0 Å². The molecule has 0 bridgehead atoms. The van der Waals surface area contributed by atoms with Crippen LogP contribution in [-0.2, 0) is 6.42 Å². The molecule has 0 saturated carbocycles. The van der Waals surface area contributed by atoms with E-state index in [-0.39, 0.29) is 0 Å². The average molecular weight is 348 g/mol. The van der Waals surface area contributed by atoms with Crippen molar-refractivity contribution in [3.8, 4) is 12.0 Å². The van der Waals surface area contributed by atoms with Crippen LogP contribution in [0.5, 0.6) is 5.75 Å². The highest BCUT2D eigenvalue weighted by Gasteiger charge is 2.11. The molecule has 0 fully saturated rings. The molecule has 26 heavy (non-hydrogen) atoms. The van der Waals surface area contributed by atoms with Gasteiger partial charge < -0.3 is 9.64 Å². The van der Waals surface area contributed by atoms with Gasteiger partial charge in [0.25, 0.3) is 6.26 Å². The van der Waals surface area contributed by atoms with E-state index in [9.17, 15) is 0 Å². The van der Waals surface area contributed by atoms with Gasteiger partial charge in [0.15, 0.2) is 0 Å². The number of ether oxygens (including phenoxy) is 1. The summed E-state index contributed by atoms with van der Waals surface area (Å²) in [6.07, 6.45) is 2.52. The van der Waals surface area contributed by atoms with E-state index in [1.807, 2.05) is 12.1 Å². The summed E-state index contributed by atoms with van der Waals surface area (Å²) < 4.78 is 5.17. The zero-order chi connectivity index (χ0) is 19.1. The molecule has 0 saturated heterocycles. The summed E-state index contributed by atoms with van der Waals surface area (Å²) in [6, 6.07) is 14.5. The number of nitriles is 1. The van der Waals surface area contributed by atoms with Gasteiger partial charge in [-0.3, -0.25) is 0 Å². The van der Waals surface area contributed by atoms with Crippen molar-refractivity contribution in [2.45, 2.75) is 40.0 Å². The third-order valence-corrected chi connectivity index (χ3v) is 4.71. The third kappa shape index (κ3) is 4.67. The lowest BCUT2D eigenvalue weighted by molar-refractivity contribution is 0.443. The Morgan fingerprint density at radius 3 is 2.50 bits per heavy atom. The molecule has 0 aliphatic rings. The molecule has 0 atom stereocenters. The first-order chi connectivity index (χ1) is 12.5. The third-order valence-electron chi connectivity index (χ3n) is 4.71. The highest BCUT2D eigenvalue weighted by molar-refractivity contribution is 5.62. The van der Waals surface area contributed by atoms with Crippen LogP contribution in [0.2, 0.25) is 0 Å². The number of rotatable bonds is 8. The van der Waals surface area contributed by atoms with E-state index < -0.39 is 0 Å². The van der Waals surface area contributed by atoms with Gasteiger partial charge in [0, 0.05) is 30.8 Å². The van der Waals surface area contributed by atoms with Gasteiger partial charge in [0.05, 0.1) is 0 Å². The maximum absolute atomic E-state index is 8.93. The van der Waals surface area contributed by atoms with Crippen LogP contribution >= 0.6 is 0 Å². The fraction of sp³-hybridized carbons (Fsp3) is 0.348. The standard InChI is InChI=1S/C23H28N2O/c1-6-25(7-2)18(5)21-10-8-9-19(13-21)14-22-15-20(17(3)4)11-12-23(22)26-16-24/h8-13,15,17H,5-7,14H2,1-4H3. The van der Waals surface area contributed by atoms with Gasteiger partial charge >= 0.3 is 0 Å². The molecular weight excluding hydrogens is 320 g/mol. The highest BCUT2D eigenvalue weighted by atomic mass is 16.5. The van der Waals surface area contributed by atoms with Gasteiger partial charge in [-0.25, -0.2) is 0 Å². The maximum atomic E-state index is 8.93. The summed E-state index contributed by atoms with van der Waals surface area (Å²) in [5, 5.41) is 8.93. The highest BCUT2D eigenvalue weighted by Crippen LogP contribution is 2.27. The van der Waals surface area contributed by atoms with Crippen molar-refractivity contribution in [2.75, 3.05) is 13.1 Å². The Balaban J connectivity index is 2.34. The Kier molecular flexibility index (Phi) is 6.86. The molecule has 3 nitrogen and oxygen atoms in total. The van der Waals surface area contributed by atoms with Gasteiger partial charge in [0.1, 0.15) is 5.75 Å². The second-order valence-corrected chi connectivity index (χ2v) is 6.71. The summed E-state index contributed by atoms with van der Waals surface area (Å²) in [4.78, 5) is 2.25. The molecule has 0 aliphatic heterocycles. The van der Waals surface area contributed by atoms with E-state index in [1.54, 1.807) is 6.26 Å². The Bertz CT molecular complexity index is 798. The summed E-state index contributed by atoms with van der Waals surface area (Å²) in [5.74, 6) is 1.06. The fourth-order valence-electron chi connectivity index (χ4n) is 3.11. The van der Waals surface area contributed by atoms with Gasteiger partial charge in [-0.1, -0.05) is 50.8 Å². The van der Waals surface area contributed by atoms with E-state index >= 15 is 0 Å². The second kappa shape index (κ2) is 9.10. The molecule has 2 aromatic rings. The van der Waals surface area contributed by atoms with Crippen LogP contribution in [0.15, 0.2) is 49.0 Å². The molecule has 0 radical (unpaired) electrons. The molecule has 3 heteroatoms. The van der Waals surface area contributed by atoms with Crippen molar-refractivity contribution in [2.24, 2.45) is 0 Å². The monoisotopic (exact) mass is 348 g/mol. The van der Waals surface area contributed by atoms with Crippen molar-refractivity contribution < 1.29 is 4.74 Å². The molecule has 0 heterocycles. The zero-order valence-corrected chi connectivity index (χ0v) is 16.2. The minimum atomic E-state index is 0.429. The molecule has 0 spiro atoms. The van der Waals surface area contributed by atoms with E-state index in [0.29, 0.717) is 11.7 Å². The predicted octanol–water partition coefficient (Wildman–Crippen LogP) is 5.57. The van der Waals surface area contributed by atoms with Crippen LogP contribution in [0.25, 0.3) is 5.70 Å². The molecule has 2 rings (SSSR count). The number of hydrogen-bond donors (Lipinski definition) is 0. The Hall–Kier alpha value is -2.73. The minimum absolute atomic E-state index is 0.429. The van der Waals surface area contributed by atoms with Crippen molar-refractivity contribution in [1.29, 1.82) is 5.26 Å². The lowest BCUT2D eigenvalue weighted by Crippen LogP contribution is -2.20. The molecule has 0 unspecified atom stereocenters. The maximum Gasteiger partial charge on any atom is 0.292 e. The van der Waals surface area contributed by atoms with Gasteiger partial charge in [-0.2, -0.15) is 0 Å². The molecule has 0 aliphatic carbocycles. The molecule has 0 aromatic heterocycles. The van der Waals surface area contributed by atoms with Gasteiger partial charge in [0.2, 0.25) is 0 Å². The Labute approximate surface area is 157 Å². The summed E-state index contributed by atoms with van der Waals surface area (Å²) in [5.41, 5.74) is 5.63. The van der Waals surface area contributed by atoms with Crippen LogP contribution < -0.4 is 4.74 Å². The van der Waals surface area contributed by atoms with Crippen LogP contribution in [0.1, 0.15) is 55.9 Å². The molecule has 0 N–H and O–H groups in total. The van der Waals surface area contributed by atoms with E-state index in [2.05, 4.69) is 69.5 Å². The van der Waals surface area contributed by atoms with E-state index in [4.69, 9.17) is 10.00 Å².